The number of rotatable bonds is 4. The predicted octanol–water partition coefficient (Wildman–Crippen LogP) is -3.71. The van der Waals surface area contributed by atoms with E-state index in [0.29, 0.717) is 0 Å². The van der Waals surface area contributed by atoms with E-state index in [9.17, 15) is 0 Å². The quantitative estimate of drug-likeness (QED) is 0.345. The molecule has 0 aromatic carbocycles. The van der Waals surface area contributed by atoms with E-state index in [2.05, 4.69) is 0 Å². The second-order valence-electron chi connectivity index (χ2n) is 2.13. The van der Waals surface area contributed by atoms with Crippen molar-refractivity contribution in [3.8, 4) is 0 Å². The van der Waals surface area contributed by atoms with E-state index < -0.39 is 31.8 Å². The molecule has 0 aliphatic carbocycles. The van der Waals surface area contributed by atoms with E-state index in [-0.39, 0.29) is 11.0 Å². The molecule has 0 atom stereocenters. The average Bonchev–Trinajstić information content (AvgIpc) is 1.95. The van der Waals surface area contributed by atoms with Crippen molar-refractivity contribution in [3.05, 3.63) is 0 Å². The molecule has 0 saturated heterocycles. The molecule has 6 nitrogen and oxygen atoms in total. The van der Waals surface area contributed by atoms with Crippen LogP contribution < -0.4 is 0 Å². The lowest BCUT2D eigenvalue weighted by molar-refractivity contribution is -0.0328. The first kappa shape index (κ1) is 17.0. The van der Waals surface area contributed by atoms with Gasteiger partial charge in [0.1, 0.15) is 0 Å². The second-order valence-corrected chi connectivity index (χ2v) is 2.13. The molecule has 6 heteroatoms. The normalized spacial score (nSPS) is 9.82. The zero-order chi connectivity index (χ0) is 7.33. The van der Waals surface area contributed by atoms with Gasteiger partial charge in [-0.2, -0.15) is 0 Å². The van der Waals surface area contributed by atoms with Gasteiger partial charge in [0.2, 0.25) is 0 Å². The summed E-state index contributed by atoms with van der Waals surface area (Å²) in [6, 6.07) is 0. The van der Waals surface area contributed by atoms with Crippen LogP contribution in [0.15, 0.2) is 0 Å². The molecule has 0 unspecified atom stereocenters. The summed E-state index contributed by atoms with van der Waals surface area (Å²) in [5.41, 5.74) is -1.11. The first-order valence-corrected chi connectivity index (χ1v) is 2.68. The Balaban J connectivity index is -0.000000320. The van der Waals surface area contributed by atoms with Crippen LogP contribution in [0.5, 0.6) is 0 Å². The van der Waals surface area contributed by atoms with E-state index in [1.165, 1.54) is 0 Å². The Morgan fingerprint density at radius 2 is 0.818 bits per heavy atom. The predicted molar refractivity (Wildman–Crippen MR) is 38.0 cm³/mol. The van der Waals surface area contributed by atoms with Gasteiger partial charge >= 0.3 is 0 Å². The van der Waals surface area contributed by atoms with Crippen molar-refractivity contribution in [1.82, 2.24) is 0 Å². The molecule has 0 heterocycles. The lowest BCUT2D eigenvalue weighted by atomic mass is 9.93. The standard InChI is InChI=1S/C5H12O4.2H2O/c6-1-5(2-7,3-8)4-9;;/h6-9H,1-4H2;2*1H2. The fourth-order valence-corrected chi connectivity index (χ4v) is 0.300. The van der Waals surface area contributed by atoms with E-state index in [4.69, 9.17) is 20.4 Å². The highest BCUT2D eigenvalue weighted by Gasteiger charge is 2.26. The zero-order valence-electron chi connectivity index (χ0n) is 6.12. The molecule has 0 rings (SSSR count). The number of aliphatic hydroxyl groups excluding tert-OH is 4. The Labute approximate surface area is 64.3 Å². The lowest BCUT2D eigenvalue weighted by Gasteiger charge is -2.23. The zero-order valence-corrected chi connectivity index (χ0v) is 6.12. The average molecular weight is 172 g/mol. The highest BCUT2D eigenvalue weighted by molar-refractivity contribution is 4.74. The number of aliphatic hydroxyl groups is 4. The summed E-state index contributed by atoms with van der Waals surface area (Å²) >= 11 is 0. The second kappa shape index (κ2) is 7.86. The van der Waals surface area contributed by atoms with Gasteiger partial charge in [-0.25, -0.2) is 0 Å². The Morgan fingerprint density at radius 3 is 0.818 bits per heavy atom. The van der Waals surface area contributed by atoms with Crippen LogP contribution >= 0.6 is 0 Å². The van der Waals surface area contributed by atoms with Gasteiger partial charge < -0.3 is 31.4 Å². The Bertz CT molecular complexity index is 53.9. The topological polar surface area (TPSA) is 144 Å². The molecular weight excluding hydrogens is 156 g/mol. The smallest absolute Gasteiger partial charge is 0.0627 e. The largest absolute Gasteiger partial charge is 0.412 e. The maximum atomic E-state index is 8.50. The maximum Gasteiger partial charge on any atom is 0.0627 e. The molecule has 11 heavy (non-hydrogen) atoms. The fourth-order valence-electron chi connectivity index (χ4n) is 0.300. The van der Waals surface area contributed by atoms with Crippen molar-refractivity contribution in [1.29, 1.82) is 0 Å². The SMILES string of the molecule is O.O.OCC(CO)(CO)CO. The lowest BCUT2D eigenvalue weighted by Crippen LogP contribution is -2.37. The molecular formula is C5H16O6. The van der Waals surface area contributed by atoms with Crippen molar-refractivity contribution in [2.24, 2.45) is 5.41 Å². The van der Waals surface area contributed by atoms with Crippen LogP contribution in [0, 0.1) is 5.41 Å². The van der Waals surface area contributed by atoms with Gasteiger partial charge in [0.25, 0.3) is 0 Å². The van der Waals surface area contributed by atoms with Crippen molar-refractivity contribution in [2.45, 2.75) is 0 Å². The van der Waals surface area contributed by atoms with Gasteiger partial charge in [0, 0.05) is 0 Å². The van der Waals surface area contributed by atoms with Crippen molar-refractivity contribution >= 4 is 0 Å². The third kappa shape index (κ3) is 4.25. The van der Waals surface area contributed by atoms with Crippen LogP contribution in [0.4, 0.5) is 0 Å². The summed E-state index contributed by atoms with van der Waals surface area (Å²) in [6.07, 6.45) is 0. The summed E-state index contributed by atoms with van der Waals surface area (Å²) in [7, 11) is 0. The number of hydrogen-bond acceptors (Lipinski definition) is 4. The van der Waals surface area contributed by atoms with Gasteiger partial charge in [-0.1, -0.05) is 0 Å². The van der Waals surface area contributed by atoms with Gasteiger partial charge in [-0.05, 0) is 0 Å². The molecule has 0 aliphatic heterocycles. The summed E-state index contributed by atoms with van der Waals surface area (Å²) in [4.78, 5) is 0. The van der Waals surface area contributed by atoms with E-state index in [1.807, 2.05) is 0 Å². The molecule has 0 radical (unpaired) electrons. The molecule has 0 aromatic rings. The van der Waals surface area contributed by atoms with Gasteiger partial charge in [-0.15, -0.1) is 0 Å². The maximum absolute atomic E-state index is 8.50. The summed E-state index contributed by atoms with van der Waals surface area (Å²) in [6.45, 7) is -1.62. The Hall–Kier alpha value is -0.240. The third-order valence-electron chi connectivity index (χ3n) is 1.34. The molecule has 8 N–H and O–H groups in total. The van der Waals surface area contributed by atoms with E-state index in [1.54, 1.807) is 0 Å². The van der Waals surface area contributed by atoms with Gasteiger partial charge in [-0.3, -0.25) is 0 Å². The minimum atomic E-state index is -1.11. The van der Waals surface area contributed by atoms with Crippen LogP contribution in [-0.4, -0.2) is 57.8 Å². The van der Waals surface area contributed by atoms with E-state index >= 15 is 0 Å². The molecule has 0 amide bonds. The molecule has 0 aromatic heterocycles. The Kier molecular flexibility index (Phi) is 12.2. The molecule has 0 saturated carbocycles. The first-order chi connectivity index (χ1) is 4.24. The molecule has 0 aliphatic rings. The highest BCUT2D eigenvalue weighted by atomic mass is 16.3. The van der Waals surface area contributed by atoms with Crippen molar-refractivity contribution < 1.29 is 31.4 Å². The minimum absolute atomic E-state index is 0. The fraction of sp³-hybridized carbons (Fsp3) is 1.00. The highest BCUT2D eigenvalue weighted by Crippen LogP contribution is 2.11. The number of hydrogen-bond donors (Lipinski definition) is 4. The van der Waals surface area contributed by atoms with Gasteiger partial charge in [0.15, 0.2) is 0 Å². The van der Waals surface area contributed by atoms with Crippen molar-refractivity contribution in [3.63, 3.8) is 0 Å². The van der Waals surface area contributed by atoms with Crippen LogP contribution in [-0.2, 0) is 0 Å². The van der Waals surface area contributed by atoms with Crippen molar-refractivity contribution in [2.75, 3.05) is 26.4 Å². The van der Waals surface area contributed by atoms with Crippen LogP contribution in [0.1, 0.15) is 0 Å². The summed E-state index contributed by atoms with van der Waals surface area (Å²) in [5, 5.41) is 34.0. The molecule has 0 fully saturated rings. The first-order valence-electron chi connectivity index (χ1n) is 2.68. The van der Waals surface area contributed by atoms with Crippen LogP contribution in [0.25, 0.3) is 0 Å². The molecule has 0 bridgehead atoms. The van der Waals surface area contributed by atoms with Crippen LogP contribution in [0.3, 0.4) is 0 Å². The molecule has 0 spiro atoms. The van der Waals surface area contributed by atoms with Gasteiger partial charge in [0.05, 0.1) is 31.8 Å². The summed E-state index contributed by atoms with van der Waals surface area (Å²) in [5.74, 6) is 0. The monoisotopic (exact) mass is 172 g/mol. The minimum Gasteiger partial charge on any atom is -0.412 e. The molecule has 72 valence electrons. The Morgan fingerprint density at radius 1 is 0.636 bits per heavy atom. The van der Waals surface area contributed by atoms with Crippen LogP contribution in [0.2, 0.25) is 0 Å². The third-order valence-corrected chi connectivity index (χ3v) is 1.34. The van der Waals surface area contributed by atoms with E-state index in [0.717, 1.165) is 0 Å². The summed E-state index contributed by atoms with van der Waals surface area (Å²) < 4.78 is 0.